The molecule has 0 saturated heterocycles. The number of nitrogens with one attached hydrogen (secondary N) is 2. The van der Waals surface area contributed by atoms with Gasteiger partial charge in [0.1, 0.15) is 11.6 Å². The number of benzene rings is 2. The van der Waals surface area contributed by atoms with Gasteiger partial charge in [0.15, 0.2) is 0 Å². The van der Waals surface area contributed by atoms with Crippen LogP contribution in [0, 0.1) is 5.82 Å². The van der Waals surface area contributed by atoms with Crippen molar-refractivity contribution in [2.24, 2.45) is 0 Å². The van der Waals surface area contributed by atoms with Crippen LogP contribution in [0.3, 0.4) is 0 Å². The van der Waals surface area contributed by atoms with E-state index in [9.17, 15) is 14.0 Å². The Morgan fingerprint density at radius 2 is 1.84 bits per heavy atom. The van der Waals surface area contributed by atoms with E-state index in [0.717, 1.165) is 0 Å². The van der Waals surface area contributed by atoms with Crippen LogP contribution in [0.2, 0.25) is 0 Å². The first kappa shape index (κ1) is 18.4. The molecule has 0 spiro atoms. The average molecular weight is 346 g/mol. The van der Waals surface area contributed by atoms with Gasteiger partial charge in [0, 0.05) is 13.7 Å². The van der Waals surface area contributed by atoms with Gasteiger partial charge in [0.05, 0.1) is 18.9 Å². The summed E-state index contributed by atoms with van der Waals surface area (Å²) in [7, 11) is 2.91. The number of amides is 2. The van der Waals surface area contributed by atoms with Gasteiger partial charge in [-0.3, -0.25) is 9.59 Å². The summed E-state index contributed by atoms with van der Waals surface area (Å²) >= 11 is 0. The first-order chi connectivity index (χ1) is 12.0. The van der Waals surface area contributed by atoms with Gasteiger partial charge < -0.3 is 20.1 Å². The fourth-order valence-corrected chi connectivity index (χ4v) is 2.24. The molecule has 0 saturated carbocycles. The Bertz CT molecular complexity index is 751. The maximum Gasteiger partial charge on any atom is 0.313 e. The Morgan fingerprint density at radius 1 is 1.08 bits per heavy atom. The summed E-state index contributed by atoms with van der Waals surface area (Å²) < 4.78 is 23.6. The van der Waals surface area contributed by atoms with Crippen molar-refractivity contribution >= 4 is 17.5 Å². The number of hydrogen-bond acceptors (Lipinski definition) is 4. The number of halogens is 1. The number of anilines is 1. The fraction of sp³-hybridized carbons (Fsp3) is 0.222. The lowest BCUT2D eigenvalue weighted by atomic mass is 10.1. The second kappa shape index (κ2) is 8.79. The van der Waals surface area contributed by atoms with Crippen LogP contribution in [0.4, 0.5) is 10.1 Å². The molecule has 0 aliphatic carbocycles. The van der Waals surface area contributed by atoms with Gasteiger partial charge in [-0.2, -0.15) is 0 Å². The van der Waals surface area contributed by atoms with Crippen molar-refractivity contribution < 1.29 is 23.5 Å². The average Bonchev–Trinajstić information content (AvgIpc) is 2.62. The zero-order valence-electron chi connectivity index (χ0n) is 13.9. The molecular formula is C18H19FN2O4. The number of methoxy groups -OCH3 is 2. The molecular weight excluding hydrogens is 327 g/mol. The summed E-state index contributed by atoms with van der Waals surface area (Å²) in [4.78, 5) is 24.0. The Labute approximate surface area is 144 Å². The van der Waals surface area contributed by atoms with Crippen LogP contribution >= 0.6 is 0 Å². The fourth-order valence-electron chi connectivity index (χ4n) is 2.24. The number of rotatable bonds is 6. The summed E-state index contributed by atoms with van der Waals surface area (Å²) in [5.41, 5.74) is 0.950. The van der Waals surface area contributed by atoms with E-state index in [1.165, 1.54) is 26.4 Å². The van der Waals surface area contributed by atoms with Crippen molar-refractivity contribution in [1.82, 2.24) is 5.32 Å². The first-order valence-corrected chi connectivity index (χ1v) is 7.55. The minimum Gasteiger partial charge on any atom is -0.495 e. The molecule has 0 heterocycles. The van der Waals surface area contributed by atoms with E-state index in [0.29, 0.717) is 17.0 Å². The first-order valence-electron chi connectivity index (χ1n) is 7.55. The van der Waals surface area contributed by atoms with Crippen LogP contribution < -0.4 is 15.4 Å². The highest BCUT2D eigenvalue weighted by atomic mass is 19.1. The summed E-state index contributed by atoms with van der Waals surface area (Å²) in [5, 5.41) is 4.94. The van der Waals surface area contributed by atoms with Crippen LogP contribution in [-0.4, -0.2) is 32.6 Å². The molecule has 0 radical (unpaired) electrons. The molecule has 25 heavy (non-hydrogen) atoms. The molecule has 132 valence electrons. The smallest absolute Gasteiger partial charge is 0.313 e. The van der Waals surface area contributed by atoms with Gasteiger partial charge >= 0.3 is 11.8 Å². The quantitative estimate of drug-likeness (QED) is 0.787. The summed E-state index contributed by atoms with van der Waals surface area (Å²) in [6.07, 6.45) is -0.571. The van der Waals surface area contributed by atoms with Crippen molar-refractivity contribution in [3.8, 4) is 5.75 Å². The molecule has 1 atom stereocenters. The third kappa shape index (κ3) is 5.02. The van der Waals surface area contributed by atoms with Crippen LogP contribution in [0.1, 0.15) is 11.7 Å². The molecule has 2 aromatic rings. The second-order valence-corrected chi connectivity index (χ2v) is 5.14. The van der Waals surface area contributed by atoms with Crippen molar-refractivity contribution in [1.29, 1.82) is 0 Å². The van der Waals surface area contributed by atoms with E-state index >= 15 is 0 Å². The van der Waals surface area contributed by atoms with Gasteiger partial charge in [-0.25, -0.2) is 4.39 Å². The maximum absolute atomic E-state index is 13.3. The molecule has 2 amide bonds. The second-order valence-electron chi connectivity index (χ2n) is 5.14. The lowest BCUT2D eigenvalue weighted by Gasteiger charge is -2.16. The molecule has 1 unspecified atom stereocenters. The molecule has 2 rings (SSSR count). The van der Waals surface area contributed by atoms with E-state index in [2.05, 4.69) is 10.6 Å². The number of hydrogen-bond donors (Lipinski definition) is 2. The number of ether oxygens (including phenoxy) is 2. The van der Waals surface area contributed by atoms with Gasteiger partial charge in [-0.05, 0) is 29.8 Å². The Kier molecular flexibility index (Phi) is 6.47. The van der Waals surface area contributed by atoms with Crippen molar-refractivity contribution in [3.63, 3.8) is 0 Å². The monoisotopic (exact) mass is 346 g/mol. The molecule has 6 nitrogen and oxygen atoms in total. The third-order valence-corrected chi connectivity index (χ3v) is 3.51. The molecule has 0 fully saturated rings. The van der Waals surface area contributed by atoms with Crippen LogP contribution in [0.25, 0.3) is 0 Å². The maximum atomic E-state index is 13.3. The highest BCUT2D eigenvalue weighted by Crippen LogP contribution is 2.22. The van der Waals surface area contributed by atoms with E-state index < -0.39 is 23.7 Å². The predicted octanol–water partition coefficient (Wildman–Crippen LogP) is 2.28. The highest BCUT2D eigenvalue weighted by molar-refractivity contribution is 6.39. The van der Waals surface area contributed by atoms with E-state index in [4.69, 9.17) is 9.47 Å². The predicted molar refractivity (Wildman–Crippen MR) is 90.8 cm³/mol. The van der Waals surface area contributed by atoms with Crippen molar-refractivity contribution in [2.75, 3.05) is 26.1 Å². The minimum absolute atomic E-state index is 0.0259. The number of carbonyl (C=O) groups is 2. The van der Waals surface area contributed by atoms with E-state index in [-0.39, 0.29) is 6.54 Å². The Morgan fingerprint density at radius 3 is 2.52 bits per heavy atom. The van der Waals surface area contributed by atoms with Crippen molar-refractivity contribution in [2.45, 2.75) is 6.10 Å². The lowest BCUT2D eigenvalue weighted by Crippen LogP contribution is -2.38. The molecule has 2 N–H and O–H groups in total. The van der Waals surface area contributed by atoms with Crippen LogP contribution in [-0.2, 0) is 14.3 Å². The Balaban J connectivity index is 1.95. The number of para-hydroxylation sites is 2. The third-order valence-electron chi connectivity index (χ3n) is 3.51. The molecule has 0 bridgehead atoms. The summed E-state index contributed by atoms with van der Waals surface area (Å²) in [6, 6.07) is 12.6. The SMILES string of the molecule is COc1ccccc1NC(=O)C(=O)NCC(OC)c1cccc(F)c1. The van der Waals surface area contributed by atoms with Crippen LogP contribution in [0.5, 0.6) is 5.75 Å². The summed E-state index contributed by atoms with van der Waals surface area (Å²) in [5.74, 6) is -1.62. The van der Waals surface area contributed by atoms with E-state index in [1.54, 1.807) is 36.4 Å². The number of carbonyl (C=O) groups excluding carboxylic acids is 2. The largest absolute Gasteiger partial charge is 0.495 e. The van der Waals surface area contributed by atoms with Gasteiger partial charge in [0.2, 0.25) is 0 Å². The highest BCUT2D eigenvalue weighted by Gasteiger charge is 2.18. The molecule has 2 aromatic carbocycles. The zero-order chi connectivity index (χ0) is 18.2. The Hall–Kier alpha value is -2.93. The lowest BCUT2D eigenvalue weighted by molar-refractivity contribution is -0.136. The van der Waals surface area contributed by atoms with Gasteiger partial charge in [0.25, 0.3) is 0 Å². The molecule has 0 aliphatic heterocycles. The standard InChI is InChI=1S/C18H19FN2O4/c1-24-15-9-4-3-8-14(15)21-18(23)17(22)20-11-16(25-2)12-6-5-7-13(19)10-12/h3-10,16H,11H2,1-2H3,(H,20,22)(H,21,23). The normalized spacial score (nSPS) is 11.5. The van der Waals surface area contributed by atoms with Crippen LogP contribution in [0.15, 0.2) is 48.5 Å². The molecule has 0 aromatic heterocycles. The minimum atomic E-state index is -0.835. The van der Waals surface area contributed by atoms with E-state index in [1.807, 2.05) is 0 Å². The summed E-state index contributed by atoms with van der Waals surface area (Å²) in [6.45, 7) is 0.0259. The topological polar surface area (TPSA) is 76.7 Å². The van der Waals surface area contributed by atoms with Gasteiger partial charge in [-0.15, -0.1) is 0 Å². The zero-order valence-corrected chi connectivity index (χ0v) is 13.9. The molecule has 0 aliphatic rings. The van der Waals surface area contributed by atoms with Crippen molar-refractivity contribution in [3.05, 3.63) is 59.9 Å². The van der Waals surface area contributed by atoms with Gasteiger partial charge in [-0.1, -0.05) is 24.3 Å². The molecule has 7 heteroatoms.